The van der Waals surface area contributed by atoms with Crippen LogP contribution < -0.4 is 10.9 Å². The van der Waals surface area contributed by atoms with E-state index in [1.807, 2.05) is 37.3 Å². The fourth-order valence-electron chi connectivity index (χ4n) is 1.70. The van der Waals surface area contributed by atoms with Crippen molar-refractivity contribution in [2.75, 3.05) is 0 Å². The van der Waals surface area contributed by atoms with E-state index in [-0.39, 0.29) is 11.3 Å². The van der Waals surface area contributed by atoms with E-state index in [1.165, 1.54) is 11.8 Å². The van der Waals surface area contributed by atoms with Crippen LogP contribution in [-0.4, -0.2) is 16.4 Å². The number of nitrogens with one attached hydrogen (secondary N) is 1. The minimum absolute atomic E-state index is 0.220. The second-order valence-corrected chi connectivity index (χ2v) is 5.21. The van der Waals surface area contributed by atoms with Gasteiger partial charge in [-0.15, -0.1) is 0 Å². The summed E-state index contributed by atoms with van der Waals surface area (Å²) in [4.78, 5) is 16.2. The summed E-state index contributed by atoms with van der Waals surface area (Å²) < 4.78 is 0. The lowest BCUT2D eigenvalue weighted by Gasteiger charge is -2.01. The Labute approximate surface area is 117 Å². The average molecular weight is 274 g/mol. The van der Waals surface area contributed by atoms with Crippen LogP contribution in [0.5, 0.6) is 0 Å². The van der Waals surface area contributed by atoms with Crippen LogP contribution in [0, 0.1) is 0 Å². The molecule has 2 rings (SSSR count). The molecule has 99 valence electrons. The molecule has 1 fully saturated rings. The number of amidine groups is 1. The summed E-state index contributed by atoms with van der Waals surface area (Å²) in [6.45, 7) is 3.98. The number of benzene rings is 1. The Morgan fingerprint density at radius 1 is 1.53 bits per heavy atom. The van der Waals surface area contributed by atoms with Gasteiger partial charge in [0.1, 0.15) is 0 Å². The molecule has 1 aromatic rings. The van der Waals surface area contributed by atoms with Gasteiger partial charge in [-0.1, -0.05) is 49.0 Å². The zero-order valence-corrected chi connectivity index (χ0v) is 11.8. The van der Waals surface area contributed by atoms with Crippen molar-refractivity contribution in [1.29, 1.82) is 0 Å². The largest absolute Gasteiger partial charge is 0.280 e. The second kappa shape index (κ2) is 6.54. The molecular formula is C14H16N3OS. The number of thioether (sulfide) groups is 1. The summed E-state index contributed by atoms with van der Waals surface area (Å²) in [6.07, 6.45) is 4.75. The van der Waals surface area contributed by atoms with Gasteiger partial charge >= 0.3 is 0 Å². The van der Waals surface area contributed by atoms with E-state index in [1.54, 1.807) is 6.07 Å². The van der Waals surface area contributed by atoms with Crippen LogP contribution in [0.2, 0.25) is 0 Å². The van der Waals surface area contributed by atoms with Crippen molar-refractivity contribution in [3.8, 4) is 0 Å². The van der Waals surface area contributed by atoms with Crippen LogP contribution in [0.15, 0.2) is 35.3 Å². The Balaban J connectivity index is 2.19. The van der Waals surface area contributed by atoms with E-state index in [4.69, 9.17) is 0 Å². The molecule has 1 amide bonds. The molecule has 0 aromatic heterocycles. The first-order chi connectivity index (χ1) is 9.24. The van der Waals surface area contributed by atoms with Crippen LogP contribution in [0.3, 0.4) is 0 Å². The molecule has 1 radical (unpaired) electrons. The number of allylic oxidation sites excluding steroid dienone is 1. The average Bonchev–Trinajstić information content (AvgIpc) is 2.87. The van der Waals surface area contributed by atoms with Gasteiger partial charge in [0.25, 0.3) is 5.91 Å². The van der Waals surface area contributed by atoms with Crippen molar-refractivity contribution >= 4 is 28.9 Å². The van der Waals surface area contributed by atoms with Gasteiger partial charge in [-0.25, -0.2) is 0 Å². The summed E-state index contributed by atoms with van der Waals surface area (Å²) in [7, 11) is 0. The Morgan fingerprint density at radius 2 is 2.32 bits per heavy atom. The van der Waals surface area contributed by atoms with Gasteiger partial charge in [0.05, 0.1) is 5.37 Å². The number of nitrogens with zero attached hydrogens (tertiary/aromatic N) is 2. The summed E-state index contributed by atoms with van der Waals surface area (Å²) in [5.41, 5.74) is 8.48. The maximum absolute atomic E-state index is 12.2. The van der Waals surface area contributed by atoms with Gasteiger partial charge < -0.3 is 0 Å². The Kier molecular flexibility index (Phi) is 4.76. The minimum Gasteiger partial charge on any atom is -0.267 e. The summed E-state index contributed by atoms with van der Waals surface area (Å²) in [5.74, 6) is -0.251. The molecule has 1 heterocycles. The molecule has 1 aromatic carbocycles. The van der Waals surface area contributed by atoms with Gasteiger partial charge in [-0.2, -0.15) is 15.8 Å². The van der Waals surface area contributed by atoms with Crippen LogP contribution in [0.4, 0.5) is 0 Å². The highest BCUT2D eigenvalue weighted by Gasteiger charge is 2.22. The van der Waals surface area contributed by atoms with Crippen molar-refractivity contribution < 1.29 is 4.79 Å². The van der Waals surface area contributed by atoms with E-state index in [0.717, 1.165) is 12.0 Å². The number of hydrogen-bond acceptors (Lipinski definition) is 3. The number of amides is 1. The number of aliphatic imine (C=N–C) groups is 1. The zero-order valence-electron chi connectivity index (χ0n) is 11.0. The van der Waals surface area contributed by atoms with Crippen molar-refractivity contribution in [2.24, 2.45) is 4.99 Å². The first-order valence-corrected chi connectivity index (χ1v) is 7.10. The number of carbonyl (C=O) groups excluding carboxylic acids is 1. The van der Waals surface area contributed by atoms with Crippen molar-refractivity contribution in [1.82, 2.24) is 10.9 Å². The molecule has 1 N–H and O–H groups in total. The molecule has 5 heteroatoms. The molecule has 19 heavy (non-hydrogen) atoms. The summed E-state index contributed by atoms with van der Waals surface area (Å²) in [5, 5.41) is 0.726. The van der Waals surface area contributed by atoms with Crippen LogP contribution in [0.1, 0.15) is 36.2 Å². The van der Waals surface area contributed by atoms with Crippen molar-refractivity contribution in [2.45, 2.75) is 25.6 Å². The minimum atomic E-state index is -0.251. The van der Waals surface area contributed by atoms with E-state index in [9.17, 15) is 4.79 Å². The van der Waals surface area contributed by atoms with Gasteiger partial charge in [-0.3, -0.25) is 4.79 Å². The third-order valence-corrected chi connectivity index (χ3v) is 3.77. The Bertz CT molecular complexity index is 525. The lowest BCUT2D eigenvalue weighted by Crippen LogP contribution is -2.24. The smallest absolute Gasteiger partial charge is 0.267 e. The maximum Gasteiger partial charge on any atom is 0.280 e. The fraction of sp³-hybridized carbons (Fsp3) is 0.286. The molecule has 0 spiro atoms. The Morgan fingerprint density at radius 3 is 3.00 bits per heavy atom. The van der Waals surface area contributed by atoms with Gasteiger partial charge in [0.15, 0.2) is 0 Å². The third kappa shape index (κ3) is 3.45. The van der Waals surface area contributed by atoms with Crippen LogP contribution >= 0.6 is 11.8 Å². The predicted octanol–water partition coefficient (Wildman–Crippen LogP) is 2.81. The molecule has 0 aliphatic carbocycles. The number of rotatable bonds is 3. The lowest BCUT2D eigenvalue weighted by atomic mass is 10.1. The maximum atomic E-state index is 12.2. The van der Waals surface area contributed by atoms with Crippen LogP contribution in [-0.2, 0) is 0 Å². The highest BCUT2D eigenvalue weighted by molar-refractivity contribution is 8.14. The quantitative estimate of drug-likeness (QED) is 0.922. The molecule has 0 bridgehead atoms. The highest BCUT2D eigenvalue weighted by Crippen LogP contribution is 2.19. The highest BCUT2D eigenvalue weighted by atomic mass is 32.2. The first kappa shape index (κ1) is 13.8. The zero-order chi connectivity index (χ0) is 13.7. The molecule has 0 saturated carbocycles. The standard InChI is InChI=1S/C14H16N3OS/c1-3-7-10-8-5-6-9-11(10)13(18)15-14-17-16-12(4-2)19-14/h3,5-9,12,16H,4H2,1-2H3/b7-3+,15-14?. The van der Waals surface area contributed by atoms with E-state index in [2.05, 4.69) is 22.8 Å². The van der Waals surface area contributed by atoms with Gasteiger partial charge in [-0.05, 0) is 25.0 Å². The van der Waals surface area contributed by atoms with Crippen molar-refractivity contribution in [3.63, 3.8) is 0 Å². The molecule has 4 nitrogen and oxygen atoms in total. The van der Waals surface area contributed by atoms with Crippen LogP contribution in [0.25, 0.3) is 6.08 Å². The first-order valence-electron chi connectivity index (χ1n) is 6.22. The van der Waals surface area contributed by atoms with Crippen molar-refractivity contribution in [3.05, 3.63) is 41.5 Å². The normalized spacial score (nSPS) is 20.9. The van der Waals surface area contributed by atoms with Gasteiger partial charge in [0, 0.05) is 5.56 Å². The third-order valence-electron chi connectivity index (χ3n) is 2.66. The molecule has 1 saturated heterocycles. The second-order valence-electron chi connectivity index (χ2n) is 4.04. The molecule has 1 aliphatic heterocycles. The Hall–Kier alpha value is -1.59. The molecule has 1 unspecified atom stereocenters. The molecule has 1 atom stereocenters. The van der Waals surface area contributed by atoms with E-state index >= 15 is 0 Å². The summed E-state index contributed by atoms with van der Waals surface area (Å²) in [6, 6.07) is 7.43. The molecule has 1 aliphatic rings. The predicted molar refractivity (Wildman–Crippen MR) is 79.9 cm³/mol. The van der Waals surface area contributed by atoms with E-state index in [0.29, 0.717) is 10.7 Å². The fourth-order valence-corrected chi connectivity index (χ4v) is 2.46. The van der Waals surface area contributed by atoms with E-state index < -0.39 is 0 Å². The monoisotopic (exact) mass is 274 g/mol. The van der Waals surface area contributed by atoms with Gasteiger partial charge in [0.2, 0.25) is 5.17 Å². The summed E-state index contributed by atoms with van der Waals surface area (Å²) >= 11 is 1.49. The molecular weight excluding hydrogens is 258 g/mol. The lowest BCUT2D eigenvalue weighted by molar-refractivity contribution is 0.100. The topological polar surface area (TPSA) is 55.6 Å². The SMILES string of the molecule is C/C=C/c1ccccc1C(=O)N=C1[N]NC(CC)S1. The number of hydrogen-bond donors (Lipinski definition) is 1. The number of carbonyl (C=O) groups is 1.